The maximum Gasteiger partial charge on any atom is 0.433 e. The van der Waals surface area contributed by atoms with Crippen LogP contribution in [0.5, 0.6) is 0 Å². The molecule has 0 amide bonds. The highest BCUT2D eigenvalue weighted by molar-refractivity contribution is 6.20. The quantitative estimate of drug-likeness (QED) is 0.911. The van der Waals surface area contributed by atoms with Crippen LogP contribution in [0.1, 0.15) is 11.3 Å². The largest absolute Gasteiger partial charge is 0.433 e. The minimum Gasteiger partial charge on any atom is -0.325 e. The lowest BCUT2D eigenvalue weighted by atomic mass is 9.86. The first-order chi connectivity index (χ1) is 10.9. The van der Waals surface area contributed by atoms with Gasteiger partial charge in [0, 0.05) is 18.8 Å². The maximum absolute atomic E-state index is 12.5. The molecule has 3 rings (SSSR count). The first-order valence-corrected chi connectivity index (χ1v) is 6.85. The van der Waals surface area contributed by atoms with Gasteiger partial charge in [0.05, 0.1) is 17.3 Å². The Morgan fingerprint density at radius 1 is 1.22 bits per heavy atom. The standard InChI is InChI=1S/C16H12F3N3O/c17-16(18,19)15-4-2-10(8-21-15)9-1-3-13-12(5-9)14(23)6-11(7-20)22-13/h1-6,8,12H,7,20H2. The Morgan fingerprint density at radius 3 is 2.61 bits per heavy atom. The third kappa shape index (κ3) is 3.00. The number of nitrogens with zero attached hydrogens (tertiary/aromatic N) is 2. The number of rotatable bonds is 2. The Hall–Kier alpha value is -2.54. The zero-order chi connectivity index (χ0) is 16.6. The van der Waals surface area contributed by atoms with Crippen molar-refractivity contribution in [2.75, 3.05) is 6.54 Å². The molecule has 1 aromatic heterocycles. The van der Waals surface area contributed by atoms with Gasteiger partial charge in [-0.25, -0.2) is 0 Å². The van der Waals surface area contributed by atoms with Crippen molar-refractivity contribution >= 4 is 17.1 Å². The Bertz CT molecular complexity index is 771. The van der Waals surface area contributed by atoms with E-state index in [4.69, 9.17) is 5.73 Å². The molecule has 1 unspecified atom stereocenters. The lowest BCUT2D eigenvalue weighted by Gasteiger charge is -2.21. The number of aromatic nitrogens is 1. The number of hydrogen-bond donors (Lipinski definition) is 1. The van der Waals surface area contributed by atoms with E-state index in [1.807, 2.05) is 0 Å². The fraction of sp³-hybridized carbons (Fsp3) is 0.188. The van der Waals surface area contributed by atoms with Gasteiger partial charge >= 0.3 is 6.18 Å². The molecule has 1 aliphatic carbocycles. The second kappa shape index (κ2) is 5.58. The molecular weight excluding hydrogens is 307 g/mol. The van der Waals surface area contributed by atoms with Crippen molar-refractivity contribution < 1.29 is 18.0 Å². The summed E-state index contributed by atoms with van der Waals surface area (Å²) < 4.78 is 37.6. The van der Waals surface area contributed by atoms with Crippen LogP contribution in [0.3, 0.4) is 0 Å². The molecule has 2 heterocycles. The van der Waals surface area contributed by atoms with Crippen LogP contribution in [0.4, 0.5) is 13.2 Å². The number of alkyl halides is 3. The van der Waals surface area contributed by atoms with Crippen LogP contribution in [0, 0.1) is 5.92 Å². The summed E-state index contributed by atoms with van der Waals surface area (Å²) in [5, 5.41) is 0. The fourth-order valence-electron chi connectivity index (χ4n) is 2.42. The summed E-state index contributed by atoms with van der Waals surface area (Å²) in [6, 6.07) is 2.26. The molecule has 0 fully saturated rings. The van der Waals surface area contributed by atoms with Crippen LogP contribution in [0.25, 0.3) is 5.57 Å². The van der Waals surface area contributed by atoms with E-state index >= 15 is 0 Å². The molecule has 7 heteroatoms. The number of carbonyl (C=O) groups excluding carboxylic acids is 1. The van der Waals surface area contributed by atoms with Gasteiger partial charge in [0.1, 0.15) is 5.69 Å². The number of pyridine rings is 1. The average Bonchev–Trinajstić information content (AvgIpc) is 2.53. The predicted molar refractivity (Wildman–Crippen MR) is 79.4 cm³/mol. The van der Waals surface area contributed by atoms with Crippen molar-refractivity contribution in [3.63, 3.8) is 0 Å². The van der Waals surface area contributed by atoms with E-state index in [9.17, 15) is 18.0 Å². The molecule has 0 spiro atoms. The fourth-order valence-corrected chi connectivity index (χ4v) is 2.42. The van der Waals surface area contributed by atoms with E-state index < -0.39 is 17.8 Å². The number of carbonyl (C=O) groups is 1. The van der Waals surface area contributed by atoms with Crippen LogP contribution < -0.4 is 5.73 Å². The molecule has 118 valence electrons. The predicted octanol–water partition coefficient (Wildman–Crippen LogP) is 2.54. The molecule has 0 aromatic carbocycles. The van der Waals surface area contributed by atoms with Crippen molar-refractivity contribution in [1.29, 1.82) is 0 Å². The molecule has 0 radical (unpaired) electrons. The van der Waals surface area contributed by atoms with Gasteiger partial charge in [-0.05, 0) is 23.3 Å². The summed E-state index contributed by atoms with van der Waals surface area (Å²) in [6.07, 6.45) is 3.12. The van der Waals surface area contributed by atoms with Crippen molar-refractivity contribution in [3.05, 3.63) is 59.6 Å². The van der Waals surface area contributed by atoms with E-state index in [1.165, 1.54) is 12.1 Å². The summed E-state index contributed by atoms with van der Waals surface area (Å²) in [5.41, 5.74) is 6.78. The third-order valence-electron chi connectivity index (χ3n) is 3.58. The Labute approximate surface area is 129 Å². The zero-order valence-corrected chi connectivity index (χ0v) is 11.8. The lowest BCUT2D eigenvalue weighted by molar-refractivity contribution is -0.141. The summed E-state index contributed by atoms with van der Waals surface area (Å²) >= 11 is 0. The van der Waals surface area contributed by atoms with E-state index in [1.54, 1.807) is 18.2 Å². The SMILES string of the molecule is NCC1=CC(=O)C2C=C(c3ccc(C(F)(F)F)nc3)C=CC2=N1. The summed E-state index contributed by atoms with van der Waals surface area (Å²) in [4.78, 5) is 19.8. The number of fused-ring (bicyclic) bond motifs is 1. The second-order valence-corrected chi connectivity index (χ2v) is 5.14. The van der Waals surface area contributed by atoms with Gasteiger partial charge in [0.15, 0.2) is 5.78 Å². The van der Waals surface area contributed by atoms with Gasteiger partial charge in [-0.15, -0.1) is 0 Å². The van der Waals surface area contributed by atoms with Crippen molar-refractivity contribution in [2.24, 2.45) is 16.6 Å². The summed E-state index contributed by atoms with van der Waals surface area (Å²) in [7, 11) is 0. The number of hydrogen-bond acceptors (Lipinski definition) is 4. The average molecular weight is 319 g/mol. The second-order valence-electron chi connectivity index (χ2n) is 5.14. The third-order valence-corrected chi connectivity index (χ3v) is 3.58. The molecule has 23 heavy (non-hydrogen) atoms. The molecule has 2 N–H and O–H groups in total. The highest BCUT2D eigenvalue weighted by atomic mass is 19.4. The molecule has 0 saturated heterocycles. The van der Waals surface area contributed by atoms with E-state index in [2.05, 4.69) is 9.98 Å². The molecule has 0 bridgehead atoms. The molecule has 1 atom stereocenters. The van der Waals surface area contributed by atoms with Crippen LogP contribution in [-0.4, -0.2) is 23.0 Å². The number of aliphatic imine (C=N–C) groups is 1. The molecule has 1 aliphatic heterocycles. The Balaban J connectivity index is 1.90. The summed E-state index contributed by atoms with van der Waals surface area (Å²) in [6.45, 7) is 0.176. The van der Waals surface area contributed by atoms with Crippen LogP contribution >= 0.6 is 0 Å². The number of nitrogens with two attached hydrogens (primary N) is 1. The monoisotopic (exact) mass is 319 g/mol. The Morgan fingerprint density at radius 2 is 2.00 bits per heavy atom. The van der Waals surface area contributed by atoms with E-state index in [-0.39, 0.29) is 12.3 Å². The number of allylic oxidation sites excluding steroid dienone is 5. The normalized spacial score (nSPS) is 20.6. The van der Waals surface area contributed by atoms with E-state index in [0.717, 1.165) is 12.3 Å². The van der Waals surface area contributed by atoms with Crippen molar-refractivity contribution in [2.45, 2.75) is 6.18 Å². The minimum atomic E-state index is -4.47. The zero-order valence-electron chi connectivity index (χ0n) is 11.8. The van der Waals surface area contributed by atoms with Crippen LogP contribution in [0.15, 0.2) is 53.3 Å². The topological polar surface area (TPSA) is 68.3 Å². The highest BCUT2D eigenvalue weighted by Gasteiger charge is 2.32. The number of ketones is 1. The van der Waals surface area contributed by atoms with Gasteiger partial charge < -0.3 is 5.73 Å². The van der Waals surface area contributed by atoms with Gasteiger partial charge in [-0.3, -0.25) is 14.8 Å². The van der Waals surface area contributed by atoms with E-state index in [0.29, 0.717) is 22.5 Å². The molecule has 1 aromatic rings. The van der Waals surface area contributed by atoms with Gasteiger partial charge in [-0.2, -0.15) is 13.2 Å². The van der Waals surface area contributed by atoms with Gasteiger partial charge in [0.2, 0.25) is 0 Å². The highest BCUT2D eigenvalue weighted by Crippen LogP contribution is 2.30. The molecule has 4 nitrogen and oxygen atoms in total. The van der Waals surface area contributed by atoms with Crippen LogP contribution in [0.2, 0.25) is 0 Å². The first kappa shape index (κ1) is 15.4. The van der Waals surface area contributed by atoms with Gasteiger partial charge in [0.25, 0.3) is 0 Å². The first-order valence-electron chi connectivity index (χ1n) is 6.85. The molecule has 2 aliphatic rings. The summed E-state index contributed by atoms with van der Waals surface area (Å²) in [5.74, 6) is -0.676. The maximum atomic E-state index is 12.5. The van der Waals surface area contributed by atoms with Crippen molar-refractivity contribution in [1.82, 2.24) is 4.98 Å². The van der Waals surface area contributed by atoms with Crippen LogP contribution in [-0.2, 0) is 11.0 Å². The minimum absolute atomic E-state index is 0.142. The number of halogens is 3. The molecular formula is C16H12F3N3O. The molecule has 0 saturated carbocycles. The lowest BCUT2D eigenvalue weighted by Crippen LogP contribution is -2.26. The van der Waals surface area contributed by atoms with Crippen molar-refractivity contribution in [3.8, 4) is 0 Å². The van der Waals surface area contributed by atoms with Gasteiger partial charge in [-0.1, -0.05) is 18.2 Å². The Kier molecular flexibility index (Phi) is 3.73. The smallest absolute Gasteiger partial charge is 0.325 e.